The molecule has 0 aromatic carbocycles. The second-order valence-corrected chi connectivity index (χ2v) is 3.77. The third-order valence-corrected chi connectivity index (χ3v) is 2.40. The molecule has 0 bridgehead atoms. The van der Waals surface area contributed by atoms with Crippen molar-refractivity contribution in [3.05, 3.63) is 17.5 Å². The van der Waals surface area contributed by atoms with Crippen LogP contribution in [0.4, 0.5) is 0 Å². The molecule has 0 radical (unpaired) electrons. The van der Waals surface area contributed by atoms with E-state index in [1.54, 1.807) is 17.9 Å². The molecule has 1 unspecified atom stereocenters. The molecule has 0 saturated heterocycles. The number of carbonyl (C=O) groups excluding carboxylic acids is 1. The summed E-state index contributed by atoms with van der Waals surface area (Å²) in [6, 6.07) is 0. The zero-order valence-electron chi connectivity index (χ0n) is 9.32. The molecular formula is C10H17N3O2. The van der Waals surface area contributed by atoms with E-state index in [1.165, 1.54) is 0 Å². The van der Waals surface area contributed by atoms with Crippen molar-refractivity contribution in [1.82, 2.24) is 15.1 Å². The van der Waals surface area contributed by atoms with E-state index in [9.17, 15) is 4.79 Å². The van der Waals surface area contributed by atoms with Crippen LogP contribution in [0.1, 0.15) is 23.0 Å². The van der Waals surface area contributed by atoms with Crippen LogP contribution in [0.3, 0.4) is 0 Å². The van der Waals surface area contributed by atoms with Gasteiger partial charge in [0.1, 0.15) is 0 Å². The van der Waals surface area contributed by atoms with Gasteiger partial charge in [-0.15, -0.1) is 0 Å². The van der Waals surface area contributed by atoms with Gasteiger partial charge in [-0.25, -0.2) is 0 Å². The molecule has 0 aliphatic rings. The number of nitrogens with one attached hydrogen (secondary N) is 1. The maximum atomic E-state index is 11.7. The van der Waals surface area contributed by atoms with Crippen molar-refractivity contribution < 1.29 is 9.90 Å². The molecule has 0 saturated carbocycles. The Morgan fingerprint density at radius 3 is 2.87 bits per heavy atom. The van der Waals surface area contributed by atoms with Gasteiger partial charge in [0, 0.05) is 25.9 Å². The summed E-state index contributed by atoms with van der Waals surface area (Å²) in [5.41, 5.74) is 1.42. The van der Waals surface area contributed by atoms with Gasteiger partial charge in [-0.3, -0.25) is 9.48 Å². The molecule has 84 valence electrons. The second kappa shape index (κ2) is 4.93. The summed E-state index contributed by atoms with van der Waals surface area (Å²) in [6.45, 7) is 4.27. The Morgan fingerprint density at radius 1 is 1.73 bits per heavy atom. The van der Waals surface area contributed by atoms with Crippen LogP contribution in [0, 0.1) is 12.8 Å². The summed E-state index contributed by atoms with van der Waals surface area (Å²) >= 11 is 0. The number of carbonyl (C=O) groups is 1. The standard InChI is InChI=1S/C10H17N3O2/c1-7(6-14)4-11-10(15)9-5-12-13(3)8(9)2/h5,7,14H,4,6H2,1-3H3,(H,11,15). The summed E-state index contributed by atoms with van der Waals surface area (Å²) < 4.78 is 1.66. The first-order valence-corrected chi connectivity index (χ1v) is 4.94. The Balaban J connectivity index is 2.58. The van der Waals surface area contributed by atoms with Gasteiger partial charge >= 0.3 is 0 Å². The number of amides is 1. The summed E-state index contributed by atoms with van der Waals surface area (Å²) in [5, 5.41) is 15.6. The fourth-order valence-electron chi connectivity index (χ4n) is 1.15. The largest absolute Gasteiger partial charge is 0.396 e. The highest BCUT2D eigenvalue weighted by Crippen LogP contribution is 2.05. The molecule has 2 N–H and O–H groups in total. The van der Waals surface area contributed by atoms with Crippen LogP contribution in [0.5, 0.6) is 0 Å². The third-order valence-electron chi connectivity index (χ3n) is 2.40. The fraction of sp³-hybridized carbons (Fsp3) is 0.600. The van der Waals surface area contributed by atoms with Gasteiger partial charge in [-0.2, -0.15) is 5.10 Å². The Kier molecular flexibility index (Phi) is 3.85. The quantitative estimate of drug-likeness (QED) is 0.741. The van der Waals surface area contributed by atoms with E-state index >= 15 is 0 Å². The molecule has 1 amide bonds. The first-order valence-electron chi connectivity index (χ1n) is 4.94. The van der Waals surface area contributed by atoms with Crippen LogP contribution < -0.4 is 5.32 Å². The van der Waals surface area contributed by atoms with Crippen LogP contribution >= 0.6 is 0 Å². The van der Waals surface area contributed by atoms with E-state index in [2.05, 4.69) is 10.4 Å². The van der Waals surface area contributed by atoms with Crippen molar-refractivity contribution in [2.24, 2.45) is 13.0 Å². The van der Waals surface area contributed by atoms with E-state index in [0.29, 0.717) is 12.1 Å². The summed E-state index contributed by atoms with van der Waals surface area (Å²) in [5.74, 6) is -0.0631. The predicted molar refractivity (Wildman–Crippen MR) is 56.5 cm³/mol. The van der Waals surface area contributed by atoms with Crippen molar-refractivity contribution in [2.45, 2.75) is 13.8 Å². The third kappa shape index (κ3) is 2.79. The highest BCUT2D eigenvalue weighted by Gasteiger charge is 2.12. The molecule has 0 aliphatic heterocycles. The van der Waals surface area contributed by atoms with E-state index < -0.39 is 0 Å². The van der Waals surface area contributed by atoms with Crippen molar-refractivity contribution >= 4 is 5.91 Å². The number of aryl methyl sites for hydroxylation is 1. The van der Waals surface area contributed by atoms with Crippen LogP contribution in [-0.4, -0.2) is 33.9 Å². The average molecular weight is 211 g/mol. The Labute approximate surface area is 89.1 Å². The minimum absolute atomic E-state index is 0.0749. The maximum Gasteiger partial charge on any atom is 0.254 e. The lowest BCUT2D eigenvalue weighted by Gasteiger charge is -2.09. The molecular weight excluding hydrogens is 194 g/mol. The predicted octanol–water partition coefficient (Wildman–Crippen LogP) is 0.0867. The molecule has 1 aromatic heterocycles. The first kappa shape index (κ1) is 11.7. The van der Waals surface area contributed by atoms with Gasteiger partial charge in [-0.1, -0.05) is 6.92 Å². The van der Waals surface area contributed by atoms with Gasteiger partial charge in [0.15, 0.2) is 0 Å². The lowest BCUT2D eigenvalue weighted by Crippen LogP contribution is -2.29. The second-order valence-electron chi connectivity index (χ2n) is 3.77. The normalized spacial score (nSPS) is 12.5. The van der Waals surface area contributed by atoms with Gasteiger partial charge in [0.05, 0.1) is 11.8 Å². The Morgan fingerprint density at radius 2 is 2.40 bits per heavy atom. The molecule has 0 aliphatic carbocycles. The first-order chi connectivity index (χ1) is 7.06. The van der Waals surface area contributed by atoms with Crippen LogP contribution in [0.2, 0.25) is 0 Å². The molecule has 15 heavy (non-hydrogen) atoms. The van der Waals surface area contributed by atoms with Crippen LogP contribution in [0.25, 0.3) is 0 Å². The van der Waals surface area contributed by atoms with Crippen molar-refractivity contribution in [3.63, 3.8) is 0 Å². The fourth-order valence-corrected chi connectivity index (χ4v) is 1.15. The van der Waals surface area contributed by atoms with Crippen LogP contribution in [0.15, 0.2) is 6.20 Å². The number of rotatable bonds is 4. The molecule has 5 nitrogen and oxygen atoms in total. The molecule has 0 spiro atoms. The topological polar surface area (TPSA) is 67.2 Å². The summed E-state index contributed by atoms with van der Waals surface area (Å²) in [4.78, 5) is 11.7. The average Bonchev–Trinajstić information content (AvgIpc) is 2.56. The number of nitrogens with zero attached hydrogens (tertiary/aromatic N) is 2. The van der Waals surface area contributed by atoms with Gasteiger partial charge < -0.3 is 10.4 Å². The zero-order chi connectivity index (χ0) is 11.4. The Bertz CT molecular complexity index is 346. The highest BCUT2D eigenvalue weighted by molar-refractivity contribution is 5.94. The minimum atomic E-state index is -0.138. The summed E-state index contributed by atoms with van der Waals surface area (Å²) in [6.07, 6.45) is 1.55. The highest BCUT2D eigenvalue weighted by atomic mass is 16.3. The number of aromatic nitrogens is 2. The zero-order valence-corrected chi connectivity index (χ0v) is 9.32. The number of aliphatic hydroxyl groups excluding tert-OH is 1. The minimum Gasteiger partial charge on any atom is -0.396 e. The number of hydrogen-bond donors (Lipinski definition) is 2. The van der Waals surface area contributed by atoms with E-state index in [-0.39, 0.29) is 18.4 Å². The van der Waals surface area contributed by atoms with Gasteiger partial charge in [-0.05, 0) is 12.8 Å². The molecule has 1 atom stereocenters. The Hall–Kier alpha value is -1.36. The van der Waals surface area contributed by atoms with E-state index in [4.69, 9.17) is 5.11 Å². The number of aliphatic hydroxyl groups is 1. The SMILES string of the molecule is Cc1c(C(=O)NCC(C)CO)cnn1C. The smallest absolute Gasteiger partial charge is 0.254 e. The van der Waals surface area contributed by atoms with Crippen molar-refractivity contribution in [2.75, 3.05) is 13.2 Å². The van der Waals surface area contributed by atoms with Gasteiger partial charge in [0.25, 0.3) is 5.91 Å². The molecule has 1 heterocycles. The van der Waals surface area contributed by atoms with E-state index in [0.717, 1.165) is 5.69 Å². The molecule has 5 heteroatoms. The molecule has 1 aromatic rings. The molecule has 1 rings (SSSR count). The monoisotopic (exact) mass is 211 g/mol. The van der Waals surface area contributed by atoms with Crippen molar-refractivity contribution in [1.29, 1.82) is 0 Å². The van der Waals surface area contributed by atoms with Gasteiger partial charge in [0.2, 0.25) is 0 Å². The molecule has 0 fully saturated rings. The summed E-state index contributed by atoms with van der Waals surface area (Å²) in [7, 11) is 1.79. The van der Waals surface area contributed by atoms with Crippen LogP contribution in [-0.2, 0) is 7.05 Å². The lowest BCUT2D eigenvalue weighted by atomic mass is 10.2. The van der Waals surface area contributed by atoms with Crippen molar-refractivity contribution in [3.8, 4) is 0 Å². The maximum absolute atomic E-state index is 11.7. The lowest BCUT2D eigenvalue weighted by molar-refractivity contribution is 0.0941. The number of hydrogen-bond acceptors (Lipinski definition) is 3. The van der Waals surface area contributed by atoms with E-state index in [1.807, 2.05) is 13.8 Å².